The zero-order valence-electron chi connectivity index (χ0n) is 13.7. The van der Waals surface area contributed by atoms with Gasteiger partial charge in [-0.1, -0.05) is 43.2 Å². The molecule has 1 aliphatic heterocycles. The Labute approximate surface area is 156 Å². The molecule has 1 amide bonds. The highest BCUT2D eigenvalue weighted by Gasteiger charge is 2.37. The maximum Gasteiger partial charge on any atom is 0.266 e. The second kappa shape index (κ2) is 7.14. The van der Waals surface area contributed by atoms with E-state index >= 15 is 0 Å². The zero-order chi connectivity index (χ0) is 17.2. The normalized spacial score (nSPS) is 20.6. The summed E-state index contributed by atoms with van der Waals surface area (Å²) in [7, 11) is 0. The van der Waals surface area contributed by atoms with Gasteiger partial charge in [-0.05, 0) is 37.1 Å². The average Bonchev–Trinajstić information content (AvgIpc) is 3.22. The van der Waals surface area contributed by atoms with Crippen LogP contribution < -0.4 is 0 Å². The zero-order valence-corrected chi connectivity index (χ0v) is 15.3. The number of hydrogen-bond acceptors (Lipinski definition) is 5. The molecule has 2 aromatic heterocycles. The molecule has 4 nitrogen and oxygen atoms in total. The number of carbonyl (C=O) groups is 1. The molecule has 0 N–H and O–H groups in total. The molecule has 2 aliphatic rings. The summed E-state index contributed by atoms with van der Waals surface area (Å²) in [6, 6.07) is 7.83. The van der Waals surface area contributed by atoms with Crippen molar-refractivity contribution in [2.24, 2.45) is 0 Å². The van der Waals surface area contributed by atoms with E-state index in [0.717, 1.165) is 24.2 Å². The minimum Gasteiger partial charge on any atom is -0.457 e. The second-order valence-electron chi connectivity index (χ2n) is 6.29. The van der Waals surface area contributed by atoms with E-state index in [2.05, 4.69) is 4.98 Å². The van der Waals surface area contributed by atoms with Gasteiger partial charge in [-0.25, -0.2) is 0 Å². The van der Waals surface area contributed by atoms with Crippen molar-refractivity contribution >= 4 is 40.3 Å². The van der Waals surface area contributed by atoms with Crippen LogP contribution in [-0.2, 0) is 4.79 Å². The lowest BCUT2D eigenvalue weighted by Gasteiger charge is -2.29. The summed E-state index contributed by atoms with van der Waals surface area (Å²) in [5, 5.41) is 0. The second-order valence-corrected chi connectivity index (χ2v) is 7.96. The first-order chi connectivity index (χ1) is 12.2. The molecule has 1 saturated heterocycles. The van der Waals surface area contributed by atoms with E-state index in [9.17, 15) is 4.79 Å². The van der Waals surface area contributed by atoms with E-state index in [1.807, 2.05) is 29.2 Å². The fourth-order valence-corrected chi connectivity index (χ4v) is 4.74. The molecule has 25 heavy (non-hydrogen) atoms. The van der Waals surface area contributed by atoms with Gasteiger partial charge in [0.2, 0.25) is 0 Å². The fraction of sp³-hybridized carbons (Fsp3) is 0.316. The smallest absolute Gasteiger partial charge is 0.266 e. The molecule has 2 aromatic rings. The summed E-state index contributed by atoms with van der Waals surface area (Å²) in [4.78, 5) is 19.4. The molecule has 2 fully saturated rings. The Balaban J connectivity index is 1.55. The number of thiocarbonyl (C=S) groups is 1. The van der Waals surface area contributed by atoms with Crippen LogP contribution in [0.2, 0.25) is 0 Å². The first kappa shape index (κ1) is 16.5. The van der Waals surface area contributed by atoms with Crippen LogP contribution in [0.5, 0.6) is 0 Å². The van der Waals surface area contributed by atoms with Crippen molar-refractivity contribution in [2.45, 2.75) is 38.1 Å². The minimum absolute atomic E-state index is 0.0150. The maximum atomic E-state index is 12.8. The van der Waals surface area contributed by atoms with Crippen LogP contribution in [0.4, 0.5) is 0 Å². The molecule has 6 heteroatoms. The van der Waals surface area contributed by atoms with Crippen molar-refractivity contribution in [3.05, 3.63) is 47.3 Å². The van der Waals surface area contributed by atoms with Gasteiger partial charge in [0.25, 0.3) is 5.91 Å². The SMILES string of the molecule is O=C1C(=Cc2ccc(-c3cccnc3)o2)SC(=S)N1C1CCCCC1. The average molecular weight is 370 g/mol. The van der Waals surface area contributed by atoms with Gasteiger partial charge in [-0.2, -0.15) is 0 Å². The Hall–Kier alpha value is -1.92. The molecule has 3 heterocycles. The third kappa shape index (κ3) is 3.41. The predicted octanol–water partition coefficient (Wildman–Crippen LogP) is 4.88. The summed E-state index contributed by atoms with van der Waals surface area (Å²) in [6.45, 7) is 0. The number of aromatic nitrogens is 1. The highest BCUT2D eigenvalue weighted by molar-refractivity contribution is 8.26. The van der Waals surface area contributed by atoms with Gasteiger partial charge in [0.05, 0.1) is 4.91 Å². The number of carbonyl (C=O) groups excluding carboxylic acids is 1. The minimum atomic E-state index is 0.0150. The fourth-order valence-electron chi connectivity index (χ4n) is 3.36. The molecular weight excluding hydrogens is 352 g/mol. The van der Waals surface area contributed by atoms with Crippen LogP contribution >= 0.6 is 24.0 Å². The Bertz CT molecular complexity index is 823. The van der Waals surface area contributed by atoms with Gasteiger partial charge in [0.1, 0.15) is 15.8 Å². The number of furan rings is 1. The number of rotatable bonds is 3. The summed E-state index contributed by atoms with van der Waals surface area (Å²) in [6.07, 6.45) is 11.0. The first-order valence-electron chi connectivity index (χ1n) is 8.50. The van der Waals surface area contributed by atoms with Gasteiger partial charge < -0.3 is 4.42 Å². The third-order valence-corrected chi connectivity index (χ3v) is 5.94. The summed E-state index contributed by atoms with van der Waals surface area (Å²) in [5.41, 5.74) is 0.914. The van der Waals surface area contributed by atoms with Crippen molar-refractivity contribution in [3.8, 4) is 11.3 Å². The quantitative estimate of drug-likeness (QED) is 0.569. The summed E-state index contributed by atoms with van der Waals surface area (Å²) >= 11 is 6.83. The predicted molar refractivity (Wildman–Crippen MR) is 104 cm³/mol. The number of nitrogens with zero attached hydrogens (tertiary/aromatic N) is 2. The van der Waals surface area contributed by atoms with E-state index in [1.165, 1.54) is 31.0 Å². The van der Waals surface area contributed by atoms with Crippen LogP contribution in [0.1, 0.15) is 37.9 Å². The van der Waals surface area contributed by atoms with E-state index in [4.69, 9.17) is 16.6 Å². The van der Waals surface area contributed by atoms with Crippen molar-refractivity contribution in [3.63, 3.8) is 0 Å². The number of thioether (sulfide) groups is 1. The lowest BCUT2D eigenvalue weighted by Crippen LogP contribution is -2.39. The molecule has 0 radical (unpaired) electrons. The molecule has 0 unspecified atom stereocenters. The van der Waals surface area contributed by atoms with Crippen LogP contribution in [0.15, 0.2) is 46.0 Å². The molecule has 0 atom stereocenters. The van der Waals surface area contributed by atoms with Crippen molar-refractivity contribution in [1.29, 1.82) is 0 Å². The standard InChI is InChI=1S/C19H18N2O2S2/c22-18-17(25-19(24)21(18)14-6-2-1-3-7-14)11-15-8-9-16(23-15)13-5-4-10-20-12-13/h4-5,8-12,14H,1-3,6-7H2. The van der Waals surface area contributed by atoms with Crippen LogP contribution in [0.25, 0.3) is 17.4 Å². The Kier molecular flexibility index (Phi) is 4.72. The molecule has 4 rings (SSSR count). The number of amides is 1. The largest absolute Gasteiger partial charge is 0.457 e. The molecular formula is C19H18N2O2S2. The number of pyridine rings is 1. The first-order valence-corrected chi connectivity index (χ1v) is 9.72. The number of hydrogen-bond donors (Lipinski definition) is 0. The van der Waals surface area contributed by atoms with E-state index in [1.54, 1.807) is 18.5 Å². The molecule has 128 valence electrons. The monoisotopic (exact) mass is 370 g/mol. The lowest BCUT2D eigenvalue weighted by molar-refractivity contribution is -0.124. The van der Waals surface area contributed by atoms with Crippen molar-refractivity contribution < 1.29 is 9.21 Å². The van der Waals surface area contributed by atoms with Gasteiger partial charge in [0, 0.05) is 30.1 Å². The Morgan fingerprint density at radius 1 is 1.24 bits per heavy atom. The van der Waals surface area contributed by atoms with E-state index in [-0.39, 0.29) is 11.9 Å². The van der Waals surface area contributed by atoms with Crippen molar-refractivity contribution in [1.82, 2.24) is 9.88 Å². The van der Waals surface area contributed by atoms with Crippen LogP contribution in [0, 0.1) is 0 Å². The highest BCUT2D eigenvalue weighted by atomic mass is 32.2. The topological polar surface area (TPSA) is 46.3 Å². The van der Waals surface area contributed by atoms with E-state index < -0.39 is 0 Å². The third-order valence-electron chi connectivity index (χ3n) is 4.61. The molecule has 0 aromatic carbocycles. The van der Waals surface area contributed by atoms with Crippen LogP contribution in [0.3, 0.4) is 0 Å². The van der Waals surface area contributed by atoms with Gasteiger partial charge in [-0.15, -0.1) is 0 Å². The molecule has 0 bridgehead atoms. The molecule has 0 spiro atoms. The summed E-state index contributed by atoms with van der Waals surface area (Å²) < 4.78 is 6.52. The Morgan fingerprint density at radius 2 is 2.08 bits per heavy atom. The van der Waals surface area contributed by atoms with Crippen LogP contribution in [-0.4, -0.2) is 26.2 Å². The molecule has 1 saturated carbocycles. The highest BCUT2D eigenvalue weighted by Crippen LogP contribution is 2.37. The lowest BCUT2D eigenvalue weighted by atomic mass is 9.94. The van der Waals surface area contributed by atoms with E-state index in [0.29, 0.717) is 15.0 Å². The van der Waals surface area contributed by atoms with Gasteiger partial charge >= 0.3 is 0 Å². The maximum absolute atomic E-state index is 12.8. The van der Waals surface area contributed by atoms with Crippen molar-refractivity contribution in [2.75, 3.05) is 0 Å². The van der Waals surface area contributed by atoms with Gasteiger partial charge in [-0.3, -0.25) is 14.7 Å². The molecule has 1 aliphatic carbocycles. The summed E-state index contributed by atoms with van der Waals surface area (Å²) in [5.74, 6) is 1.41. The Morgan fingerprint density at radius 3 is 2.84 bits per heavy atom. The van der Waals surface area contributed by atoms with Gasteiger partial charge in [0.15, 0.2) is 0 Å².